The highest BCUT2D eigenvalue weighted by atomic mass is 35.5. The maximum atomic E-state index is 12.8. The molecule has 1 saturated heterocycles. The third-order valence-corrected chi connectivity index (χ3v) is 5.60. The third-order valence-electron chi connectivity index (χ3n) is 3.66. The number of nitrogens with two attached hydrogens (primary N) is 1. The predicted molar refractivity (Wildman–Crippen MR) is 80.3 cm³/mol. The molecule has 2 rings (SSSR count). The van der Waals surface area contributed by atoms with E-state index in [0.29, 0.717) is 13.1 Å². The van der Waals surface area contributed by atoms with Gasteiger partial charge in [0.2, 0.25) is 0 Å². The molecular formula is C12H23ClN4O2S. The molecule has 0 aromatic carbocycles. The number of rotatable bonds is 4. The third kappa shape index (κ3) is 3.16. The second-order valence-electron chi connectivity index (χ2n) is 5.02. The lowest BCUT2D eigenvalue weighted by Gasteiger charge is -2.36. The molecule has 8 heteroatoms. The fourth-order valence-electron chi connectivity index (χ4n) is 2.65. The molecule has 1 aromatic heterocycles. The van der Waals surface area contributed by atoms with Crippen molar-refractivity contribution in [3.63, 3.8) is 0 Å². The van der Waals surface area contributed by atoms with Gasteiger partial charge in [0.1, 0.15) is 0 Å². The molecule has 0 amide bonds. The highest BCUT2D eigenvalue weighted by Gasteiger charge is 2.36. The summed E-state index contributed by atoms with van der Waals surface area (Å²) in [4.78, 5) is 0. The van der Waals surface area contributed by atoms with Crippen molar-refractivity contribution in [2.75, 3.05) is 6.54 Å². The highest BCUT2D eigenvalue weighted by molar-refractivity contribution is 7.89. The van der Waals surface area contributed by atoms with Gasteiger partial charge in [0.25, 0.3) is 10.0 Å². The quantitative estimate of drug-likeness (QED) is 0.903. The smallest absolute Gasteiger partial charge is 0.260 e. The van der Waals surface area contributed by atoms with Crippen LogP contribution in [0.4, 0.5) is 0 Å². The first-order valence-corrected chi connectivity index (χ1v) is 8.21. The van der Waals surface area contributed by atoms with Gasteiger partial charge < -0.3 is 5.73 Å². The summed E-state index contributed by atoms with van der Waals surface area (Å²) >= 11 is 0. The molecule has 0 saturated carbocycles. The Balaban J connectivity index is 0.00000200. The summed E-state index contributed by atoms with van der Waals surface area (Å²) in [5.74, 6) is 0. The van der Waals surface area contributed by atoms with Gasteiger partial charge in [0.05, 0.1) is 6.20 Å². The van der Waals surface area contributed by atoms with Gasteiger partial charge in [0, 0.05) is 25.2 Å². The fraction of sp³-hybridized carbons (Fsp3) is 0.750. The molecular weight excluding hydrogens is 300 g/mol. The Labute approximate surface area is 126 Å². The number of aromatic nitrogens is 2. The van der Waals surface area contributed by atoms with Crippen molar-refractivity contribution in [2.24, 2.45) is 5.73 Å². The molecule has 1 aliphatic rings. The second-order valence-corrected chi connectivity index (χ2v) is 6.86. The minimum atomic E-state index is -3.50. The van der Waals surface area contributed by atoms with E-state index in [0.717, 1.165) is 19.3 Å². The number of halogens is 1. The highest BCUT2D eigenvalue weighted by Crippen LogP contribution is 2.26. The van der Waals surface area contributed by atoms with Gasteiger partial charge in [-0.2, -0.15) is 9.40 Å². The first-order chi connectivity index (χ1) is 8.98. The summed E-state index contributed by atoms with van der Waals surface area (Å²) in [5, 5.41) is 4.31. The van der Waals surface area contributed by atoms with Gasteiger partial charge in [-0.1, -0.05) is 6.42 Å². The Bertz CT molecular complexity index is 529. The first kappa shape index (κ1) is 17.4. The summed E-state index contributed by atoms with van der Waals surface area (Å²) in [6.07, 6.45) is 4.28. The number of piperidine rings is 1. The molecule has 1 aliphatic heterocycles. The topological polar surface area (TPSA) is 81.2 Å². The zero-order valence-electron chi connectivity index (χ0n) is 11.9. The number of hydrogen-bond donors (Lipinski definition) is 1. The molecule has 0 radical (unpaired) electrons. The van der Waals surface area contributed by atoms with Crippen molar-refractivity contribution < 1.29 is 8.42 Å². The summed E-state index contributed by atoms with van der Waals surface area (Å²) < 4.78 is 28.6. The van der Waals surface area contributed by atoms with Gasteiger partial charge in [0.15, 0.2) is 5.03 Å². The minimum Gasteiger partial charge on any atom is -0.326 e. The van der Waals surface area contributed by atoms with Crippen LogP contribution in [0, 0.1) is 0 Å². The standard InChI is InChI=1S/C12H22N4O2S.ClH/c1-3-15-12(7-8-14-15)19(17,18)16-9-5-4-6-11(16)10(2)13;/h7-8,10-11H,3-6,9,13H2,1-2H3;1H. The van der Waals surface area contributed by atoms with Crippen molar-refractivity contribution in [3.05, 3.63) is 12.3 Å². The van der Waals surface area contributed by atoms with Crippen LogP contribution in [0.15, 0.2) is 17.3 Å². The van der Waals surface area contributed by atoms with E-state index < -0.39 is 10.0 Å². The van der Waals surface area contributed by atoms with Crippen molar-refractivity contribution in [3.8, 4) is 0 Å². The Morgan fingerprint density at radius 1 is 1.50 bits per heavy atom. The summed E-state index contributed by atoms with van der Waals surface area (Å²) in [6.45, 7) is 4.84. The maximum Gasteiger partial charge on any atom is 0.260 e. The molecule has 2 unspecified atom stereocenters. The average Bonchev–Trinajstić information content (AvgIpc) is 2.87. The van der Waals surface area contributed by atoms with Crippen LogP contribution >= 0.6 is 12.4 Å². The maximum absolute atomic E-state index is 12.8. The number of hydrogen-bond acceptors (Lipinski definition) is 4. The van der Waals surface area contributed by atoms with E-state index in [2.05, 4.69) is 5.10 Å². The Hall–Kier alpha value is -0.630. The molecule has 0 aliphatic carbocycles. The lowest BCUT2D eigenvalue weighted by Crippen LogP contribution is -2.51. The number of sulfonamides is 1. The van der Waals surface area contributed by atoms with E-state index in [-0.39, 0.29) is 29.5 Å². The SMILES string of the molecule is CCn1nccc1S(=O)(=O)N1CCCCC1C(C)N.Cl. The van der Waals surface area contributed by atoms with E-state index in [1.54, 1.807) is 10.4 Å². The Morgan fingerprint density at radius 3 is 2.80 bits per heavy atom. The predicted octanol–water partition coefficient (Wildman–Crippen LogP) is 1.22. The summed E-state index contributed by atoms with van der Waals surface area (Å²) in [7, 11) is -3.50. The number of aryl methyl sites for hydroxylation is 1. The second kappa shape index (κ2) is 6.89. The molecule has 2 heterocycles. The van der Waals surface area contributed by atoms with Gasteiger partial charge in [-0.3, -0.25) is 4.68 Å². The zero-order valence-corrected chi connectivity index (χ0v) is 13.5. The van der Waals surface area contributed by atoms with E-state index in [1.165, 1.54) is 10.9 Å². The Kier molecular flexibility index (Phi) is 6.00. The molecule has 1 aromatic rings. The van der Waals surface area contributed by atoms with Crippen molar-refractivity contribution in [2.45, 2.75) is 56.8 Å². The largest absolute Gasteiger partial charge is 0.326 e. The first-order valence-electron chi connectivity index (χ1n) is 6.77. The van der Waals surface area contributed by atoms with Crippen LogP contribution in [0.3, 0.4) is 0 Å². The average molecular weight is 323 g/mol. The van der Waals surface area contributed by atoms with Crippen LogP contribution in [0.5, 0.6) is 0 Å². The van der Waals surface area contributed by atoms with Crippen LogP contribution in [-0.2, 0) is 16.6 Å². The van der Waals surface area contributed by atoms with Crippen molar-refractivity contribution >= 4 is 22.4 Å². The normalized spacial score (nSPS) is 22.2. The summed E-state index contributed by atoms with van der Waals surface area (Å²) in [6, 6.07) is 1.29. The molecule has 2 atom stereocenters. The van der Waals surface area contributed by atoms with Crippen LogP contribution < -0.4 is 5.73 Å². The van der Waals surface area contributed by atoms with E-state index in [9.17, 15) is 8.42 Å². The van der Waals surface area contributed by atoms with Gasteiger partial charge in [-0.05, 0) is 32.8 Å². The summed E-state index contributed by atoms with van der Waals surface area (Å²) in [5.41, 5.74) is 5.95. The van der Waals surface area contributed by atoms with Gasteiger partial charge in [-0.25, -0.2) is 8.42 Å². The van der Waals surface area contributed by atoms with E-state index in [4.69, 9.17) is 5.73 Å². The zero-order chi connectivity index (χ0) is 14.0. The molecule has 6 nitrogen and oxygen atoms in total. The van der Waals surface area contributed by atoms with E-state index in [1.807, 2.05) is 13.8 Å². The van der Waals surface area contributed by atoms with Gasteiger partial charge in [-0.15, -0.1) is 12.4 Å². The molecule has 1 fully saturated rings. The van der Waals surface area contributed by atoms with Crippen LogP contribution in [0.25, 0.3) is 0 Å². The lowest BCUT2D eigenvalue weighted by molar-refractivity contribution is 0.226. The molecule has 2 N–H and O–H groups in total. The minimum absolute atomic E-state index is 0. The number of nitrogens with zero attached hydrogens (tertiary/aromatic N) is 3. The lowest BCUT2D eigenvalue weighted by atomic mass is 10.00. The van der Waals surface area contributed by atoms with Crippen LogP contribution in [-0.4, -0.2) is 41.1 Å². The monoisotopic (exact) mass is 322 g/mol. The molecule has 20 heavy (non-hydrogen) atoms. The Morgan fingerprint density at radius 2 is 2.20 bits per heavy atom. The van der Waals surface area contributed by atoms with Crippen LogP contribution in [0.2, 0.25) is 0 Å². The molecule has 116 valence electrons. The van der Waals surface area contributed by atoms with Crippen molar-refractivity contribution in [1.82, 2.24) is 14.1 Å². The van der Waals surface area contributed by atoms with E-state index >= 15 is 0 Å². The molecule has 0 bridgehead atoms. The van der Waals surface area contributed by atoms with Crippen LogP contribution in [0.1, 0.15) is 33.1 Å². The fourth-order valence-corrected chi connectivity index (χ4v) is 4.59. The van der Waals surface area contributed by atoms with Crippen molar-refractivity contribution in [1.29, 1.82) is 0 Å². The van der Waals surface area contributed by atoms with Gasteiger partial charge >= 0.3 is 0 Å². The molecule has 0 spiro atoms.